The van der Waals surface area contributed by atoms with Gasteiger partial charge in [0.2, 0.25) is 0 Å². The van der Waals surface area contributed by atoms with Gasteiger partial charge in [0.15, 0.2) is 0 Å². The molecule has 0 bridgehead atoms. The van der Waals surface area contributed by atoms with Gasteiger partial charge in [0, 0.05) is 0 Å². The maximum Gasteiger partial charge on any atom is -0.00722 e. The highest BCUT2D eigenvalue weighted by molar-refractivity contribution is 7.80. The molecule has 0 radical (unpaired) electrons. The van der Waals surface area contributed by atoms with E-state index in [2.05, 4.69) is 172 Å². The van der Waals surface area contributed by atoms with Gasteiger partial charge in [-0.3, -0.25) is 0 Å². The lowest BCUT2D eigenvalue weighted by atomic mass is 10.0. The highest BCUT2D eigenvalue weighted by atomic mass is 31.1. The summed E-state index contributed by atoms with van der Waals surface area (Å²) < 4.78 is 0. The monoisotopic (exact) mass is 550 g/mol. The van der Waals surface area contributed by atoms with Crippen molar-refractivity contribution in [1.82, 2.24) is 0 Å². The molecule has 0 fully saturated rings. The first-order chi connectivity index (χ1) is 19.7. The van der Waals surface area contributed by atoms with Gasteiger partial charge in [0.05, 0.1) is 0 Å². The highest BCUT2D eigenvalue weighted by Gasteiger charge is 2.25. The van der Waals surface area contributed by atoms with E-state index < -0.39 is 15.8 Å². The van der Waals surface area contributed by atoms with Crippen LogP contribution in [0.2, 0.25) is 0 Å². The number of hydrogen-bond acceptors (Lipinski definition) is 0. The minimum absolute atomic E-state index is 0.745. The van der Waals surface area contributed by atoms with E-state index in [4.69, 9.17) is 0 Å². The van der Waals surface area contributed by atoms with Crippen molar-refractivity contribution in [2.75, 3.05) is 0 Å². The lowest BCUT2D eigenvalue weighted by Crippen LogP contribution is -2.26. The van der Waals surface area contributed by atoms with Crippen LogP contribution in [0.5, 0.6) is 0 Å². The van der Waals surface area contributed by atoms with Crippen molar-refractivity contribution >= 4 is 47.7 Å². The van der Waals surface area contributed by atoms with Crippen molar-refractivity contribution in [3.63, 3.8) is 0 Å². The molecule has 6 aromatic carbocycles. The Morgan fingerprint density at radius 2 is 0.600 bits per heavy atom. The summed E-state index contributed by atoms with van der Waals surface area (Å²) in [7, 11) is -1.49. The van der Waals surface area contributed by atoms with E-state index in [1.54, 1.807) is 0 Å². The van der Waals surface area contributed by atoms with E-state index in [1.807, 2.05) is 0 Å². The molecule has 194 valence electrons. The van der Waals surface area contributed by atoms with Gasteiger partial charge in [-0.25, -0.2) is 0 Å². The molecule has 6 rings (SSSR count). The Morgan fingerprint density at radius 1 is 0.325 bits per heavy atom. The number of rotatable bonds is 7. The normalized spacial score (nSPS) is 11.2. The first kappa shape index (κ1) is 26.4. The fraction of sp³-hybridized carbons (Fsp3) is 0.0526. The fourth-order valence-corrected chi connectivity index (χ4v) is 10.2. The molecule has 2 heteroatoms. The molecule has 0 heterocycles. The third kappa shape index (κ3) is 5.57. The van der Waals surface area contributed by atoms with Gasteiger partial charge in [-0.2, -0.15) is 0 Å². The van der Waals surface area contributed by atoms with Crippen LogP contribution >= 0.6 is 15.8 Å². The Morgan fingerprint density at radius 3 is 0.875 bits per heavy atom. The van der Waals surface area contributed by atoms with Crippen LogP contribution < -0.4 is 31.8 Å². The molecule has 40 heavy (non-hydrogen) atoms. The molecule has 6 aromatic rings. The second-order valence-electron chi connectivity index (χ2n) is 10.1. The zero-order valence-corrected chi connectivity index (χ0v) is 24.7. The summed E-state index contributed by atoms with van der Waals surface area (Å²) in [4.78, 5) is 0. The van der Waals surface area contributed by atoms with Crippen molar-refractivity contribution in [3.8, 4) is 11.1 Å². The van der Waals surface area contributed by atoms with Gasteiger partial charge in [0.1, 0.15) is 0 Å². The number of benzene rings is 6. The van der Waals surface area contributed by atoms with E-state index in [-0.39, 0.29) is 0 Å². The molecule has 0 spiro atoms. The van der Waals surface area contributed by atoms with Crippen LogP contribution in [0.25, 0.3) is 11.1 Å². The van der Waals surface area contributed by atoms with E-state index in [0.29, 0.717) is 0 Å². The molecule has 0 nitrogen and oxygen atoms in total. The molecule has 0 aliphatic carbocycles. The van der Waals surface area contributed by atoms with Crippen molar-refractivity contribution in [2.45, 2.75) is 13.8 Å². The summed E-state index contributed by atoms with van der Waals surface area (Å²) >= 11 is 0. The second kappa shape index (κ2) is 12.1. The van der Waals surface area contributed by atoms with Crippen molar-refractivity contribution < 1.29 is 0 Å². The van der Waals surface area contributed by atoms with Crippen LogP contribution in [0.3, 0.4) is 0 Å². The summed E-state index contributed by atoms with van der Waals surface area (Å²) in [6, 6.07) is 58.3. The van der Waals surface area contributed by atoms with Gasteiger partial charge in [-0.1, -0.05) is 169 Å². The molecular formula is C38H32P2. The van der Waals surface area contributed by atoms with E-state index >= 15 is 0 Å². The summed E-state index contributed by atoms with van der Waals surface area (Å²) in [6.45, 7) is 4.43. The lowest BCUT2D eigenvalue weighted by molar-refractivity contribution is 1.46. The van der Waals surface area contributed by atoms with Crippen molar-refractivity contribution in [1.29, 1.82) is 0 Å². The topological polar surface area (TPSA) is 0 Å². The molecule has 0 atom stereocenters. The smallest absolute Gasteiger partial charge is 0.00722 e. The predicted molar refractivity (Wildman–Crippen MR) is 179 cm³/mol. The number of hydrogen-bond donors (Lipinski definition) is 0. The molecule has 0 saturated carbocycles. The van der Waals surface area contributed by atoms with E-state index in [0.717, 1.165) is 0 Å². The second-order valence-corrected chi connectivity index (χ2v) is 14.4. The average molecular weight is 551 g/mol. The Balaban J connectivity index is 1.63. The summed E-state index contributed by atoms with van der Waals surface area (Å²) in [5.74, 6) is 0. The molecule has 0 amide bonds. The maximum atomic E-state index is 2.42. The minimum atomic E-state index is -0.745. The van der Waals surface area contributed by atoms with Crippen LogP contribution in [0.4, 0.5) is 0 Å². The lowest BCUT2D eigenvalue weighted by Gasteiger charge is -2.27. The molecule has 0 saturated heterocycles. The summed E-state index contributed by atoms with van der Waals surface area (Å²) in [5, 5.41) is 8.29. The summed E-state index contributed by atoms with van der Waals surface area (Å²) in [5.41, 5.74) is 5.26. The Hall–Kier alpha value is -3.82. The van der Waals surface area contributed by atoms with Gasteiger partial charge < -0.3 is 0 Å². The zero-order valence-electron chi connectivity index (χ0n) is 22.9. The molecule has 0 N–H and O–H groups in total. The molecule has 0 aromatic heterocycles. The Kier molecular flexibility index (Phi) is 8.02. The zero-order chi connectivity index (χ0) is 27.3. The Bertz CT molecular complexity index is 1490. The number of aryl methyl sites for hydroxylation is 2. The van der Waals surface area contributed by atoms with Gasteiger partial charge in [0.25, 0.3) is 0 Å². The first-order valence-corrected chi connectivity index (χ1v) is 16.4. The fourth-order valence-electron chi connectivity index (χ4n) is 5.28. The third-order valence-corrected chi connectivity index (χ3v) is 12.1. The van der Waals surface area contributed by atoms with Crippen LogP contribution in [0.15, 0.2) is 158 Å². The average Bonchev–Trinajstić information content (AvgIpc) is 3.01. The largest absolute Gasteiger partial charge is 0.0622 e. The minimum Gasteiger partial charge on any atom is -0.0622 e. The maximum absolute atomic E-state index is 2.42. The summed E-state index contributed by atoms with van der Waals surface area (Å²) in [6.07, 6.45) is 0. The first-order valence-electron chi connectivity index (χ1n) is 13.7. The Labute approximate surface area is 240 Å². The molecule has 0 aliphatic rings. The highest BCUT2D eigenvalue weighted by Crippen LogP contribution is 2.41. The molecular weight excluding hydrogens is 518 g/mol. The van der Waals surface area contributed by atoms with Gasteiger partial charge >= 0.3 is 0 Å². The van der Waals surface area contributed by atoms with Crippen LogP contribution in [0.1, 0.15) is 11.1 Å². The standard InChI is InChI=1S/C38H32P2/c1-29-23-25-37(39(31-15-7-3-8-16-31)32-17-9-4-10-18-32)35(27-29)36-28-30(2)24-26-38(36)40(33-19-11-5-12-20-33)34-21-13-6-14-22-34/h3-28H,1-2H3. The van der Waals surface area contributed by atoms with E-state index in [1.165, 1.54) is 54.1 Å². The van der Waals surface area contributed by atoms with Gasteiger partial charge in [-0.15, -0.1) is 0 Å². The molecule has 0 unspecified atom stereocenters. The van der Waals surface area contributed by atoms with Gasteiger partial charge in [-0.05, 0) is 72.6 Å². The van der Waals surface area contributed by atoms with Crippen molar-refractivity contribution in [3.05, 3.63) is 169 Å². The third-order valence-electron chi connectivity index (χ3n) is 7.13. The molecule has 0 aliphatic heterocycles. The van der Waals surface area contributed by atoms with Crippen molar-refractivity contribution in [2.24, 2.45) is 0 Å². The van der Waals surface area contributed by atoms with Crippen LogP contribution in [0, 0.1) is 13.8 Å². The quantitative estimate of drug-likeness (QED) is 0.181. The SMILES string of the molecule is Cc1ccc(P(c2ccccc2)c2ccccc2)c(-c2cc(C)ccc2P(c2ccccc2)c2ccccc2)c1. The van der Waals surface area contributed by atoms with E-state index in [9.17, 15) is 0 Å². The van der Waals surface area contributed by atoms with Crippen LogP contribution in [-0.2, 0) is 0 Å². The predicted octanol–water partition coefficient (Wildman–Crippen LogP) is 7.49. The van der Waals surface area contributed by atoms with Crippen LogP contribution in [-0.4, -0.2) is 0 Å².